The number of halogens is 3. The fourth-order valence-corrected chi connectivity index (χ4v) is 4.21. The maximum atomic E-state index is 13.9. The minimum atomic E-state index is -3.55. The van der Waals surface area contributed by atoms with E-state index in [1.807, 2.05) is 0 Å². The molecule has 0 aliphatic carbocycles. The molecule has 0 N–H and O–H groups in total. The Balaban J connectivity index is 3.33. The van der Waals surface area contributed by atoms with Crippen molar-refractivity contribution in [2.24, 2.45) is 0 Å². The van der Waals surface area contributed by atoms with Crippen LogP contribution in [0.25, 0.3) is 0 Å². The van der Waals surface area contributed by atoms with Gasteiger partial charge in [-0.15, -0.1) is 0 Å². The van der Waals surface area contributed by atoms with Gasteiger partial charge >= 0.3 is 8.80 Å². The van der Waals surface area contributed by atoms with Crippen LogP contribution in [0.15, 0.2) is 12.1 Å². The summed E-state index contributed by atoms with van der Waals surface area (Å²) < 4.78 is 56.5. The van der Waals surface area contributed by atoms with Gasteiger partial charge in [-0.1, -0.05) is 0 Å². The molecule has 3 nitrogen and oxygen atoms in total. The van der Waals surface area contributed by atoms with E-state index in [4.69, 9.17) is 13.3 Å². The Labute approximate surface area is 111 Å². The Hall–Kier alpha value is -0.893. The average molecular weight is 294 g/mol. The molecule has 0 aliphatic rings. The van der Waals surface area contributed by atoms with Crippen LogP contribution in [0, 0.1) is 17.5 Å². The van der Waals surface area contributed by atoms with E-state index in [0.29, 0.717) is 6.07 Å². The summed E-state index contributed by atoms with van der Waals surface area (Å²) in [6, 6.07) is 1.22. The highest BCUT2D eigenvalue weighted by atomic mass is 28.4. The third-order valence-corrected chi connectivity index (χ3v) is 5.39. The van der Waals surface area contributed by atoms with Gasteiger partial charge in [0.25, 0.3) is 0 Å². The second-order valence-corrected chi connectivity index (χ2v) is 6.12. The third-order valence-electron chi connectivity index (χ3n) is 2.34. The molecule has 1 aromatic carbocycles. The van der Waals surface area contributed by atoms with E-state index in [-0.39, 0.29) is 25.0 Å². The molecule has 0 saturated carbocycles. The Kier molecular flexibility index (Phi) is 5.99. The molecule has 108 valence electrons. The van der Waals surface area contributed by atoms with Crippen LogP contribution in [0.1, 0.15) is 20.8 Å². The van der Waals surface area contributed by atoms with Gasteiger partial charge in [0.1, 0.15) is 5.82 Å². The van der Waals surface area contributed by atoms with E-state index in [9.17, 15) is 13.2 Å². The molecule has 0 unspecified atom stereocenters. The highest BCUT2D eigenvalue weighted by Gasteiger charge is 2.46. The Morgan fingerprint density at radius 2 is 1.21 bits per heavy atom. The quantitative estimate of drug-likeness (QED) is 0.571. The molecule has 0 amide bonds. The van der Waals surface area contributed by atoms with Gasteiger partial charge in [0.2, 0.25) is 0 Å². The van der Waals surface area contributed by atoms with Gasteiger partial charge < -0.3 is 13.3 Å². The lowest BCUT2D eigenvalue weighted by Crippen LogP contribution is -2.58. The topological polar surface area (TPSA) is 27.7 Å². The first-order chi connectivity index (χ1) is 9.00. The smallest absolute Gasteiger partial charge is 0.370 e. The number of benzene rings is 1. The van der Waals surface area contributed by atoms with E-state index >= 15 is 0 Å². The lowest BCUT2D eigenvalue weighted by Gasteiger charge is -2.28. The minimum Gasteiger partial charge on any atom is -0.370 e. The summed E-state index contributed by atoms with van der Waals surface area (Å²) in [4.78, 5) is 0. The molecule has 0 atom stereocenters. The monoisotopic (exact) mass is 294 g/mol. The molecule has 1 rings (SSSR count). The van der Waals surface area contributed by atoms with Crippen LogP contribution < -0.4 is 5.19 Å². The van der Waals surface area contributed by atoms with Crippen molar-refractivity contribution in [1.82, 2.24) is 0 Å². The van der Waals surface area contributed by atoms with Crippen molar-refractivity contribution >= 4 is 14.0 Å². The number of rotatable bonds is 7. The lowest BCUT2D eigenvalue weighted by molar-refractivity contribution is 0.0850. The third kappa shape index (κ3) is 3.56. The molecular weight excluding hydrogens is 277 g/mol. The minimum absolute atomic E-state index is 0.183. The van der Waals surface area contributed by atoms with Crippen LogP contribution >= 0.6 is 0 Å². The SMILES string of the molecule is CCO[Si](OCC)(OCC)c1cc(F)c(F)cc1F. The maximum absolute atomic E-state index is 13.9. The van der Waals surface area contributed by atoms with E-state index in [0.717, 1.165) is 6.07 Å². The van der Waals surface area contributed by atoms with Crippen LogP contribution in [0.2, 0.25) is 0 Å². The zero-order valence-corrected chi connectivity index (χ0v) is 12.1. The van der Waals surface area contributed by atoms with Gasteiger partial charge in [-0.3, -0.25) is 0 Å². The van der Waals surface area contributed by atoms with Crippen molar-refractivity contribution in [2.75, 3.05) is 19.8 Å². The molecule has 19 heavy (non-hydrogen) atoms. The summed E-state index contributed by atoms with van der Waals surface area (Å²) in [7, 11) is -3.55. The predicted octanol–water partition coefficient (Wildman–Crippen LogP) is 2.36. The molecule has 0 aromatic heterocycles. The van der Waals surface area contributed by atoms with Crippen LogP contribution in [0.4, 0.5) is 13.2 Å². The normalized spacial score (nSPS) is 11.9. The Morgan fingerprint density at radius 1 is 0.789 bits per heavy atom. The van der Waals surface area contributed by atoms with Crippen molar-refractivity contribution in [2.45, 2.75) is 20.8 Å². The van der Waals surface area contributed by atoms with Crippen molar-refractivity contribution in [3.63, 3.8) is 0 Å². The molecular formula is C12H17F3O3Si. The maximum Gasteiger partial charge on any atom is 0.540 e. The van der Waals surface area contributed by atoms with Crippen LogP contribution in [0.5, 0.6) is 0 Å². The van der Waals surface area contributed by atoms with Gasteiger partial charge in [0.15, 0.2) is 11.6 Å². The summed E-state index contributed by atoms with van der Waals surface area (Å²) in [5.41, 5.74) is 0. The first-order valence-electron chi connectivity index (χ1n) is 6.07. The average Bonchev–Trinajstić information content (AvgIpc) is 2.34. The molecule has 0 saturated heterocycles. The first-order valence-corrected chi connectivity index (χ1v) is 7.80. The van der Waals surface area contributed by atoms with E-state index < -0.39 is 26.3 Å². The van der Waals surface area contributed by atoms with Crippen molar-refractivity contribution in [1.29, 1.82) is 0 Å². The van der Waals surface area contributed by atoms with Crippen molar-refractivity contribution in [3.8, 4) is 0 Å². The summed E-state index contributed by atoms with van der Waals surface area (Å²) in [5, 5.41) is -0.183. The molecule has 0 spiro atoms. The highest BCUT2D eigenvalue weighted by Crippen LogP contribution is 2.16. The lowest BCUT2D eigenvalue weighted by atomic mass is 10.3. The highest BCUT2D eigenvalue weighted by molar-refractivity contribution is 6.75. The molecule has 0 heterocycles. The summed E-state index contributed by atoms with van der Waals surface area (Å²) in [6.45, 7) is 5.71. The van der Waals surface area contributed by atoms with Gasteiger partial charge in [-0.2, -0.15) is 0 Å². The fraction of sp³-hybridized carbons (Fsp3) is 0.500. The predicted molar refractivity (Wildman–Crippen MR) is 66.6 cm³/mol. The Bertz CT molecular complexity index is 412. The first kappa shape index (κ1) is 16.2. The Morgan fingerprint density at radius 3 is 1.63 bits per heavy atom. The molecule has 0 bridgehead atoms. The van der Waals surface area contributed by atoms with Gasteiger partial charge in [-0.05, 0) is 26.8 Å². The molecule has 0 fully saturated rings. The summed E-state index contributed by atoms with van der Waals surface area (Å²) in [5.74, 6) is -3.35. The number of hydrogen-bond acceptors (Lipinski definition) is 3. The van der Waals surface area contributed by atoms with Crippen LogP contribution in [-0.4, -0.2) is 28.6 Å². The van der Waals surface area contributed by atoms with E-state index in [1.165, 1.54) is 0 Å². The van der Waals surface area contributed by atoms with Gasteiger partial charge in [-0.25, -0.2) is 13.2 Å². The van der Waals surface area contributed by atoms with Gasteiger partial charge in [0.05, 0.1) is 5.19 Å². The second kappa shape index (κ2) is 7.04. The van der Waals surface area contributed by atoms with Crippen molar-refractivity contribution < 1.29 is 26.4 Å². The standard InChI is InChI=1S/C12H17F3O3Si/c1-4-16-19(17-5-2,18-6-3)12-8-10(14)9(13)7-11(12)15/h7-8H,4-6H2,1-3H3. The largest absolute Gasteiger partial charge is 0.540 e. The van der Waals surface area contributed by atoms with Crippen molar-refractivity contribution in [3.05, 3.63) is 29.6 Å². The van der Waals surface area contributed by atoms with Crippen LogP contribution in [-0.2, 0) is 13.3 Å². The molecule has 7 heteroatoms. The van der Waals surface area contributed by atoms with Crippen LogP contribution in [0.3, 0.4) is 0 Å². The number of hydrogen-bond donors (Lipinski definition) is 0. The summed E-state index contributed by atoms with van der Waals surface area (Å²) >= 11 is 0. The molecule has 1 aromatic rings. The fourth-order valence-electron chi connectivity index (χ4n) is 1.69. The zero-order chi connectivity index (χ0) is 14.5. The second-order valence-electron chi connectivity index (χ2n) is 3.60. The van der Waals surface area contributed by atoms with E-state index in [1.54, 1.807) is 20.8 Å². The molecule has 0 aliphatic heterocycles. The van der Waals surface area contributed by atoms with Gasteiger partial charge in [0, 0.05) is 25.9 Å². The van der Waals surface area contributed by atoms with E-state index in [2.05, 4.69) is 0 Å². The summed E-state index contributed by atoms with van der Waals surface area (Å²) in [6.07, 6.45) is 0. The zero-order valence-electron chi connectivity index (χ0n) is 11.1. The molecule has 0 radical (unpaired) electrons.